The highest BCUT2D eigenvalue weighted by Crippen LogP contribution is 2.25. The van der Waals surface area contributed by atoms with E-state index in [1.165, 1.54) is 4.90 Å². The summed E-state index contributed by atoms with van der Waals surface area (Å²) in [5, 5.41) is 2.74. The summed E-state index contributed by atoms with van der Waals surface area (Å²) in [6.45, 7) is 0.481. The molecule has 0 aromatic carbocycles. The van der Waals surface area contributed by atoms with Gasteiger partial charge < -0.3 is 10.2 Å². The first-order valence-electron chi connectivity index (χ1n) is 4.79. The number of nitrogens with one attached hydrogen (secondary N) is 1. The molecule has 2 saturated heterocycles. The molecular weight excluding hydrogens is 184 g/mol. The first-order valence-corrected chi connectivity index (χ1v) is 4.79. The van der Waals surface area contributed by atoms with Gasteiger partial charge in [-0.2, -0.15) is 0 Å². The largest absolute Gasteiger partial charge is 0.352 e. The van der Waals surface area contributed by atoms with Crippen molar-refractivity contribution in [2.24, 2.45) is 0 Å². The van der Waals surface area contributed by atoms with E-state index >= 15 is 0 Å². The van der Waals surface area contributed by atoms with Crippen LogP contribution in [0.1, 0.15) is 19.3 Å². The fraction of sp³-hybridized carbons (Fsp3) is 0.667. The van der Waals surface area contributed by atoms with Crippen molar-refractivity contribution in [2.45, 2.75) is 31.3 Å². The minimum absolute atomic E-state index is 0.0177. The Bertz CT molecular complexity index is 290. The molecule has 2 amide bonds. The van der Waals surface area contributed by atoms with Gasteiger partial charge in [0.15, 0.2) is 0 Å². The van der Waals surface area contributed by atoms with E-state index in [2.05, 4.69) is 5.32 Å². The molecule has 0 saturated carbocycles. The van der Waals surface area contributed by atoms with E-state index in [4.69, 9.17) is 0 Å². The molecule has 2 aliphatic heterocycles. The normalized spacial score (nSPS) is 30.9. The van der Waals surface area contributed by atoms with Crippen molar-refractivity contribution in [1.82, 2.24) is 10.2 Å². The van der Waals surface area contributed by atoms with Gasteiger partial charge in [0.1, 0.15) is 6.04 Å². The zero-order chi connectivity index (χ0) is 10.1. The summed E-state index contributed by atoms with van der Waals surface area (Å²) in [4.78, 5) is 34.6. The van der Waals surface area contributed by atoms with Crippen LogP contribution in [0.5, 0.6) is 0 Å². The third kappa shape index (κ3) is 1.29. The van der Waals surface area contributed by atoms with Crippen molar-refractivity contribution in [3.63, 3.8) is 0 Å². The molecule has 0 spiro atoms. The Balaban J connectivity index is 2.24. The Morgan fingerprint density at radius 2 is 2.29 bits per heavy atom. The van der Waals surface area contributed by atoms with Crippen LogP contribution < -0.4 is 5.32 Å². The maximum absolute atomic E-state index is 11.4. The Labute approximate surface area is 81.4 Å². The average molecular weight is 196 g/mol. The van der Waals surface area contributed by atoms with Crippen LogP contribution in [0.4, 0.5) is 0 Å². The summed E-state index contributed by atoms with van der Waals surface area (Å²) in [5.41, 5.74) is 0. The molecule has 0 aromatic heterocycles. The molecular formula is C9H12N2O3. The SMILES string of the molecule is O=CC(=O)N1C2CCCC1C(=O)NC2. The molecule has 5 nitrogen and oxygen atoms in total. The van der Waals surface area contributed by atoms with E-state index in [0.717, 1.165) is 12.8 Å². The van der Waals surface area contributed by atoms with Gasteiger partial charge in [-0.15, -0.1) is 0 Å². The highest BCUT2D eigenvalue weighted by Gasteiger charge is 2.41. The van der Waals surface area contributed by atoms with Gasteiger partial charge in [0.2, 0.25) is 12.2 Å². The summed E-state index contributed by atoms with van der Waals surface area (Å²) >= 11 is 0. The molecule has 2 atom stereocenters. The van der Waals surface area contributed by atoms with Gasteiger partial charge in [-0.3, -0.25) is 14.4 Å². The van der Waals surface area contributed by atoms with Crippen molar-refractivity contribution < 1.29 is 14.4 Å². The van der Waals surface area contributed by atoms with E-state index in [1.807, 2.05) is 0 Å². The number of aldehydes is 1. The fourth-order valence-electron chi connectivity index (χ4n) is 2.27. The number of amides is 2. The number of hydrogen-bond acceptors (Lipinski definition) is 3. The molecule has 2 rings (SSSR count). The molecule has 76 valence electrons. The molecule has 2 heterocycles. The van der Waals surface area contributed by atoms with Crippen molar-refractivity contribution in [2.75, 3.05) is 6.54 Å². The molecule has 14 heavy (non-hydrogen) atoms. The van der Waals surface area contributed by atoms with Gasteiger partial charge in [0, 0.05) is 6.54 Å². The molecule has 2 unspecified atom stereocenters. The summed E-state index contributed by atoms with van der Waals surface area (Å²) < 4.78 is 0. The number of fused-ring (bicyclic) bond motifs is 2. The number of hydrogen-bond donors (Lipinski definition) is 1. The second-order valence-electron chi connectivity index (χ2n) is 3.71. The summed E-state index contributed by atoms with van der Waals surface area (Å²) in [6, 6.07) is -0.399. The fourth-order valence-corrected chi connectivity index (χ4v) is 2.27. The molecule has 0 aromatic rings. The van der Waals surface area contributed by atoms with Crippen LogP contribution in [-0.2, 0) is 14.4 Å². The summed E-state index contributed by atoms with van der Waals surface area (Å²) in [5.74, 6) is -0.689. The highest BCUT2D eigenvalue weighted by molar-refractivity contribution is 6.24. The second kappa shape index (κ2) is 3.40. The lowest BCUT2D eigenvalue weighted by Gasteiger charge is -2.44. The number of carbonyl (C=O) groups is 3. The van der Waals surface area contributed by atoms with E-state index in [9.17, 15) is 14.4 Å². The minimum atomic E-state index is -0.561. The third-order valence-electron chi connectivity index (χ3n) is 2.91. The van der Waals surface area contributed by atoms with Crippen LogP contribution >= 0.6 is 0 Å². The maximum Gasteiger partial charge on any atom is 0.287 e. The van der Waals surface area contributed by atoms with Crippen LogP contribution in [0.2, 0.25) is 0 Å². The lowest BCUT2D eigenvalue weighted by molar-refractivity contribution is -0.152. The number of piperidine rings is 1. The predicted molar refractivity (Wildman–Crippen MR) is 47.3 cm³/mol. The van der Waals surface area contributed by atoms with Crippen LogP contribution in [0.3, 0.4) is 0 Å². The Morgan fingerprint density at radius 3 is 3.00 bits per heavy atom. The zero-order valence-corrected chi connectivity index (χ0v) is 7.73. The van der Waals surface area contributed by atoms with Gasteiger partial charge >= 0.3 is 0 Å². The molecule has 2 bridgehead atoms. The Morgan fingerprint density at radius 1 is 1.50 bits per heavy atom. The van der Waals surface area contributed by atoms with Crippen molar-refractivity contribution in [3.8, 4) is 0 Å². The quantitative estimate of drug-likeness (QED) is 0.435. The average Bonchev–Trinajstić information content (AvgIpc) is 2.22. The first-order chi connectivity index (χ1) is 6.74. The molecule has 0 radical (unpaired) electrons. The zero-order valence-electron chi connectivity index (χ0n) is 7.73. The van der Waals surface area contributed by atoms with Gasteiger partial charge in [-0.25, -0.2) is 0 Å². The monoisotopic (exact) mass is 196 g/mol. The molecule has 2 aliphatic rings. The summed E-state index contributed by atoms with van der Waals surface area (Å²) in [6.07, 6.45) is 2.79. The van der Waals surface area contributed by atoms with Crippen LogP contribution in [0.25, 0.3) is 0 Å². The van der Waals surface area contributed by atoms with E-state index in [1.54, 1.807) is 0 Å². The molecule has 5 heteroatoms. The van der Waals surface area contributed by atoms with Gasteiger partial charge in [0.05, 0.1) is 6.04 Å². The number of carbonyl (C=O) groups excluding carboxylic acids is 3. The topological polar surface area (TPSA) is 66.5 Å². The van der Waals surface area contributed by atoms with Gasteiger partial charge in [-0.05, 0) is 19.3 Å². The van der Waals surface area contributed by atoms with Crippen LogP contribution in [0.15, 0.2) is 0 Å². The number of piperazine rings is 1. The van der Waals surface area contributed by atoms with E-state index < -0.39 is 11.9 Å². The van der Waals surface area contributed by atoms with Crippen LogP contribution in [0, 0.1) is 0 Å². The van der Waals surface area contributed by atoms with Crippen molar-refractivity contribution >= 4 is 18.1 Å². The van der Waals surface area contributed by atoms with Crippen LogP contribution in [-0.4, -0.2) is 41.6 Å². The lowest BCUT2D eigenvalue weighted by atomic mass is 9.92. The third-order valence-corrected chi connectivity index (χ3v) is 2.91. The smallest absolute Gasteiger partial charge is 0.287 e. The Kier molecular flexibility index (Phi) is 2.23. The number of rotatable bonds is 1. The maximum atomic E-state index is 11.4. The minimum Gasteiger partial charge on any atom is -0.352 e. The molecule has 1 N–H and O–H groups in total. The molecule has 0 aliphatic carbocycles. The standard InChI is InChI=1S/C9H12N2O3/c12-5-8(13)11-6-2-1-3-7(11)9(14)10-4-6/h5-7H,1-4H2,(H,10,14). The summed E-state index contributed by atoms with van der Waals surface area (Å²) in [7, 11) is 0. The van der Waals surface area contributed by atoms with Gasteiger partial charge in [0.25, 0.3) is 5.91 Å². The Hall–Kier alpha value is -1.39. The van der Waals surface area contributed by atoms with Crippen molar-refractivity contribution in [3.05, 3.63) is 0 Å². The second-order valence-corrected chi connectivity index (χ2v) is 3.71. The lowest BCUT2D eigenvalue weighted by Crippen LogP contribution is -2.64. The first kappa shape index (κ1) is 9.18. The highest BCUT2D eigenvalue weighted by atomic mass is 16.2. The van der Waals surface area contributed by atoms with Crippen molar-refractivity contribution in [1.29, 1.82) is 0 Å². The molecule has 2 fully saturated rings. The number of nitrogens with zero attached hydrogens (tertiary/aromatic N) is 1. The van der Waals surface area contributed by atoms with E-state index in [0.29, 0.717) is 19.3 Å². The van der Waals surface area contributed by atoms with Gasteiger partial charge in [-0.1, -0.05) is 0 Å². The predicted octanol–water partition coefficient (Wildman–Crippen LogP) is -0.935. The van der Waals surface area contributed by atoms with E-state index in [-0.39, 0.29) is 11.9 Å².